The molecule has 0 aliphatic heterocycles. The smallest absolute Gasteiger partial charge is 0.221 e. The Morgan fingerprint density at radius 3 is 2.42 bits per heavy atom. The number of aromatic nitrogens is 2. The van der Waals surface area contributed by atoms with Crippen molar-refractivity contribution < 1.29 is 4.74 Å². The van der Waals surface area contributed by atoms with Crippen molar-refractivity contribution in [2.45, 2.75) is 13.0 Å². The number of para-hydroxylation sites is 1. The SMILES string of the molecule is Nc1ncc(CCOc2ccccc2)c(NCc2ccccc2)n1. The summed E-state index contributed by atoms with van der Waals surface area (Å²) >= 11 is 0. The van der Waals surface area contributed by atoms with Crippen LogP contribution in [0.4, 0.5) is 11.8 Å². The highest BCUT2D eigenvalue weighted by atomic mass is 16.5. The second kappa shape index (κ2) is 7.97. The molecule has 1 heterocycles. The lowest BCUT2D eigenvalue weighted by molar-refractivity contribution is 0.322. The van der Waals surface area contributed by atoms with Gasteiger partial charge in [-0.1, -0.05) is 48.5 Å². The number of rotatable bonds is 7. The first-order valence-corrected chi connectivity index (χ1v) is 7.88. The van der Waals surface area contributed by atoms with Gasteiger partial charge in [-0.05, 0) is 17.7 Å². The van der Waals surface area contributed by atoms with E-state index in [-0.39, 0.29) is 5.95 Å². The van der Waals surface area contributed by atoms with Crippen molar-refractivity contribution in [3.8, 4) is 5.75 Å². The summed E-state index contributed by atoms with van der Waals surface area (Å²) in [6.07, 6.45) is 2.45. The number of hydrogen-bond donors (Lipinski definition) is 2. The highest BCUT2D eigenvalue weighted by molar-refractivity contribution is 5.46. The van der Waals surface area contributed by atoms with Crippen LogP contribution in [-0.2, 0) is 13.0 Å². The number of nitrogen functional groups attached to an aromatic ring is 1. The molecule has 2 aromatic carbocycles. The molecule has 0 saturated heterocycles. The Bertz CT molecular complexity index is 763. The van der Waals surface area contributed by atoms with E-state index >= 15 is 0 Å². The van der Waals surface area contributed by atoms with E-state index < -0.39 is 0 Å². The Hall–Kier alpha value is -3.08. The number of benzene rings is 2. The lowest BCUT2D eigenvalue weighted by atomic mass is 10.2. The van der Waals surface area contributed by atoms with E-state index in [0.29, 0.717) is 19.6 Å². The molecular formula is C19H20N4O. The zero-order chi connectivity index (χ0) is 16.6. The summed E-state index contributed by atoms with van der Waals surface area (Å²) in [4.78, 5) is 8.41. The largest absolute Gasteiger partial charge is 0.493 e. The molecule has 5 nitrogen and oxygen atoms in total. The molecule has 0 amide bonds. The van der Waals surface area contributed by atoms with E-state index in [9.17, 15) is 0 Å². The van der Waals surface area contributed by atoms with Crippen LogP contribution in [0.2, 0.25) is 0 Å². The predicted molar refractivity (Wildman–Crippen MR) is 95.9 cm³/mol. The fourth-order valence-corrected chi connectivity index (χ4v) is 2.33. The van der Waals surface area contributed by atoms with Crippen LogP contribution >= 0.6 is 0 Å². The molecule has 3 N–H and O–H groups in total. The fraction of sp³-hybridized carbons (Fsp3) is 0.158. The first-order chi connectivity index (χ1) is 11.8. The third-order valence-corrected chi connectivity index (χ3v) is 3.57. The quantitative estimate of drug-likeness (QED) is 0.699. The van der Waals surface area contributed by atoms with Crippen LogP contribution < -0.4 is 15.8 Å². The molecule has 0 radical (unpaired) electrons. The maximum Gasteiger partial charge on any atom is 0.221 e. The van der Waals surface area contributed by atoms with Crippen molar-refractivity contribution in [2.24, 2.45) is 0 Å². The standard InChI is InChI=1S/C19H20N4O/c20-19-22-14-16(11-12-24-17-9-5-2-6-10-17)18(23-19)21-13-15-7-3-1-4-8-15/h1-10,14H,11-13H2,(H3,20,21,22,23). The summed E-state index contributed by atoms with van der Waals surface area (Å²) in [6.45, 7) is 1.24. The minimum atomic E-state index is 0.262. The molecule has 5 heteroatoms. The molecule has 0 fully saturated rings. The van der Waals surface area contributed by atoms with Gasteiger partial charge in [0.2, 0.25) is 5.95 Å². The van der Waals surface area contributed by atoms with Gasteiger partial charge in [-0.3, -0.25) is 0 Å². The molecule has 1 aromatic heterocycles. The van der Waals surface area contributed by atoms with Gasteiger partial charge in [0, 0.05) is 24.7 Å². The Balaban J connectivity index is 1.62. The van der Waals surface area contributed by atoms with Gasteiger partial charge in [0.25, 0.3) is 0 Å². The topological polar surface area (TPSA) is 73.1 Å². The summed E-state index contributed by atoms with van der Waals surface area (Å²) < 4.78 is 5.74. The van der Waals surface area contributed by atoms with Gasteiger partial charge in [-0.25, -0.2) is 4.98 Å². The van der Waals surface area contributed by atoms with Crippen molar-refractivity contribution in [1.29, 1.82) is 0 Å². The first kappa shape index (κ1) is 15.8. The molecule has 3 rings (SSSR count). The normalized spacial score (nSPS) is 10.3. The van der Waals surface area contributed by atoms with E-state index in [1.807, 2.05) is 48.5 Å². The van der Waals surface area contributed by atoms with E-state index in [1.54, 1.807) is 6.20 Å². The summed E-state index contributed by atoms with van der Waals surface area (Å²) in [7, 11) is 0. The van der Waals surface area contributed by atoms with Crippen molar-refractivity contribution in [3.63, 3.8) is 0 Å². The number of nitrogens with one attached hydrogen (secondary N) is 1. The molecule has 0 bridgehead atoms. The predicted octanol–water partition coefficient (Wildman–Crippen LogP) is 3.29. The van der Waals surface area contributed by atoms with Gasteiger partial charge in [-0.2, -0.15) is 4.98 Å². The highest BCUT2D eigenvalue weighted by Gasteiger charge is 2.06. The maximum absolute atomic E-state index is 5.74. The Morgan fingerprint density at radius 2 is 1.67 bits per heavy atom. The molecule has 0 saturated carbocycles. The minimum Gasteiger partial charge on any atom is -0.493 e. The van der Waals surface area contributed by atoms with E-state index in [2.05, 4.69) is 27.4 Å². The molecule has 0 atom stereocenters. The number of ether oxygens (including phenoxy) is 1. The Kier molecular flexibility index (Phi) is 5.24. The van der Waals surface area contributed by atoms with Crippen LogP contribution in [0.25, 0.3) is 0 Å². The average molecular weight is 320 g/mol. The summed E-state index contributed by atoms with van der Waals surface area (Å²) in [5, 5.41) is 3.33. The lowest BCUT2D eigenvalue weighted by Gasteiger charge is -2.12. The summed E-state index contributed by atoms with van der Waals surface area (Å²) in [5.74, 6) is 1.87. The van der Waals surface area contributed by atoms with Gasteiger partial charge in [0.05, 0.1) is 6.61 Å². The average Bonchev–Trinajstić information content (AvgIpc) is 2.63. The van der Waals surface area contributed by atoms with Crippen molar-refractivity contribution in [1.82, 2.24) is 9.97 Å². The van der Waals surface area contributed by atoms with Crippen LogP contribution in [0.5, 0.6) is 5.75 Å². The van der Waals surface area contributed by atoms with E-state index in [1.165, 1.54) is 5.56 Å². The molecule has 24 heavy (non-hydrogen) atoms. The van der Waals surface area contributed by atoms with Gasteiger partial charge >= 0.3 is 0 Å². The van der Waals surface area contributed by atoms with Crippen LogP contribution in [0, 0.1) is 0 Å². The molecule has 0 unspecified atom stereocenters. The second-order valence-electron chi connectivity index (χ2n) is 5.35. The minimum absolute atomic E-state index is 0.262. The van der Waals surface area contributed by atoms with Crippen LogP contribution in [0.1, 0.15) is 11.1 Å². The first-order valence-electron chi connectivity index (χ1n) is 7.88. The number of anilines is 2. The van der Waals surface area contributed by atoms with Gasteiger partial charge in [-0.15, -0.1) is 0 Å². The zero-order valence-electron chi connectivity index (χ0n) is 13.4. The molecule has 122 valence electrons. The van der Waals surface area contributed by atoms with Crippen molar-refractivity contribution >= 4 is 11.8 Å². The summed E-state index contributed by atoms with van der Waals surface area (Å²) in [6, 6.07) is 19.9. The molecule has 0 spiro atoms. The maximum atomic E-state index is 5.74. The van der Waals surface area contributed by atoms with Crippen LogP contribution in [0.3, 0.4) is 0 Å². The fourth-order valence-electron chi connectivity index (χ4n) is 2.33. The summed E-state index contributed by atoms with van der Waals surface area (Å²) in [5.41, 5.74) is 7.89. The Labute approximate surface area is 141 Å². The molecule has 0 aliphatic carbocycles. The van der Waals surface area contributed by atoms with Crippen LogP contribution in [-0.4, -0.2) is 16.6 Å². The van der Waals surface area contributed by atoms with Crippen LogP contribution in [0.15, 0.2) is 66.9 Å². The number of hydrogen-bond acceptors (Lipinski definition) is 5. The number of nitrogens with two attached hydrogens (primary N) is 1. The Morgan fingerprint density at radius 1 is 0.958 bits per heavy atom. The third-order valence-electron chi connectivity index (χ3n) is 3.57. The van der Waals surface area contributed by atoms with Crippen molar-refractivity contribution in [3.05, 3.63) is 78.0 Å². The van der Waals surface area contributed by atoms with Gasteiger partial charge < -0.3 is 15.8 Å². The monoisotopic (exact) mass is 320 g/mol. The third kappa shape index (κ3) is 4.46. The number of nitrogens with zero attached hydrogens (tertiary/aromatic N) is 2. The molecule has 0 aliphatic rings. The van der Waals surface area contributed by atoms with Gasteiger partial charge in [0.1, 0.15) is 11.6 Å². The van der Waals surface area contributed by atoms with E-state index in [4.69, 9.17) is 10.5 Å². The zero-order valence-corrected chi connectivity index (χ0v) is 13.4. The van der Waals surface area contributed by atoms with Gasteiger partial charge in [0.15, 0.2) is 0 Å². The highest BCUT2D eigenvalue weighted by Crippen LogP contribution is 2.16. The lowest BCUT2D eigenvalue weighted by Crippen LogP contribution is -2.10. The molecule has 3 aromatic rings. The van der Waals surface area contributed by atoms with E-state index in [0.717, 1.165) is 17.1 Å². The molecular weight excluding hydrogens is 300 g/mol. The van der Waals surface area contributed by atoms with Crippen molar-refractivity contribution in [2.75, 3.05) is 17.7 Å². The second-order valence-corrected chi connectivity index (χ2v) is 5.35.